The maximum absolute atomic E-state index is 11.4. The van der Waals surface area contributed by atoms with Gasteiger partial charge in [0, 0.05) is 31.1 Å². The Bertz CT molecular complexity index is 1010. The Labute approximate surface area is 137 Å². The van der Waals surface area contributed by atoms with E-state index in [4.69, 9.17) is 13.6 Å². The number of aryl methyl sites for hydroxylation is 1. The molecule has 122 valence electrons. The highest BCUT2D eigenvalue weighted by Crippen LogP contribution is 2.35. The topological polar surface area (TPSA) is 70.4 Å². The van der Waals surface area contributed by atoms with Crippen molar-refractivity contribution in [1.82, 2.24) is 9.78 Å². The van der Waals surface area contributed by atoms with E-state index in [0.29, 0.717) is 23.5 Å². The Morgan fingerprint density at radius 1 is 1.12 bits per heavy atom. The van der Waals surface area contributed by atoms with Gasteiger partial charge in [-0.2, -0.15) is 5.10 Å². The van der Waals surface area contributed by atoms with Crippen molar-refractivity contribution in [2.24, 2.45) is 0 Å². The second-order valence-electron chi connectivity index (χ2n) is 5.53. The molecule has 0 saturated heterocycles. The molecule has 3 aromatic heterocycles. The first-order valence-corrected chi connectivity index (χ1v) is 7.85. The molecular weight excluding hydrogens is 308 g/mol. The second-order valence-corrected chi connectivity index (χ2v) is 5.53. The van der Waals surface area contributed by atoms with Gasteiger partial charge in [-0.15, -0.1) is 0 Å². The molecule has 6 nitrogen and oxygen atoms in total. The highest BCUT2D eigenvalue weighted by molar-refractivity contribution is 6.01. The van der Waals surface area contributed by atoms with Crippen LogP contribution in [0, 0.1) is 0 Å². The minimum absolute atomic E-state index is 0.390. The van der Waals surface area contributed by atoms with E-state index in [9.17, 15) is 4.79 Å². The van der Waals surface area contributed by atoms with Crippen LogP contribution in [0.25, 0.3) is 21.9 Å². The maximum atomic E-state index is 11.4. The number of nitrogens with zero attached hydrogens (tertiary/aromatic N) is 2. The minimum atomic E-state index is -0.390. The first kappa shape index (κ1) is 14.6. The molecule has 0 radical (unpaired) electrons. The predicted molar refractivity (Wildman–Crippen MR) is 89.2 cm³/mol. The summed E-state index contributed by atoms with van der Waals surface area (Å²) in [6.45, 7) is 1.43. The summed E-state index contributed by atoms with van der Waals surface area (Å²) in [7, 11) is 0. The van der Waals surface area contributed by atoms with Gasteiger partial charge in [-0.1, -0.05) is 0 Å². The summed E-state index contributed by atoms with van der Waals surface area (Å²) in [6, 6.07) is 8.62. The number of benzene rings is 1. The van der Waals surface area contributed by atoms with Gasteiger partial charge in [0.1, 0.15) is 16.9 Å². The SMILES string of the molecule is O=c1ccc2c(OCCCCn3cccn3)c3ccoc3cc2o1. The summed E-state index contributed by atoms with van der Waals surface area (Å²) >= 11 is 0. The van der Waals surface area contributed by atoms with E-state index in [1.165, 1.54) is 6.07 Å². The zero-order valence-electron chi connectivity index (χ0n) is 13.0. The molecule has 6 heteroatoms. The Morgan fingerprint density at radius 2 is 2.04 bits per heavy atom. The van der Waals surface area contributed by atoms with E-state index in [1.54, 1.807) is 24.6 Å². The molecule has 1 aromatic carbocycles. The van der Waals surface area contributed by atoms with E-state index in [2.05, 4.69) is 5.10 Å². The average molecular weight is 324 g/mol. The molecule has 0 spiro atoms. The molecule has 4 aromatic rings. The van der Waals surface area contributed by atoms with E-state index < -0.39 is 5.63 Å². The lowest BCUT2D eigenvalue weighted by atomic mass is 10.1. The molecule has 0 atom stereocenters. The molecule has 0 aliphatic carbocycles. The summed E-state index contributed by atoms with van der Waals surface area (Å²) in [6.07, 6.45) is 7.19. The van der Waals surface area contributed by atoms with Crippen molar-refractivity contribution in [2.45, 2.75) is 19.4 Å². The first-order chi connectivity index (χ1) is 11.8. The molecule has 0 bridgehead atoms. The molecule has 0 aliphatic rings. The van der Waals surface area contributed by atoms with Crippen LogP contribution in [0.5, 0.6) is 5.75 Å². The predicted octanol–water partition coefficient (Wildman–Crippen LogP) is 3.59. The summed E-state index contributed by atoms with van der Waals surface area (Å²) in [5.41, 5.74) is 0.721. The molecule has 24 heavy (non-hydrogen) atoms. The number of furan rings is 1. The average Bonchev–Trinajstić information content (AvgIpc) is 3.24. The van der Waals surface area contributed by atoms with Gasteiger partial charge in [0.05, 0.1) is 23.6 Å². The number of fused-ring (bicyclic) bond motifs is 2. The van der Waals surface area contributed by atoms with Gasteiger partial charge in [0.15, 0.2) is 0 Å². The van der Waals surface area contributed by atoms with Crippen LogP contribution >= 0.6 is 0 Å². The highest BCUT2D eigenvalue weighted by atomic mass is 16.5. The van der Waals surface area contributed by atoms with Crippen LogP contribution in [0.1, 0.15) is 12.8 Å². The molecule has 0 amide bonds. The zero-order valence-corrected chi connectivity index (χ0v) is 13.0. The van der Waals surface area contributed by atoms with Gasteiger partial charge in [0.25, 0.3) is 0 Å². The molecule has 0 unspecified atom stereocenters. The van der Waals surface area contributed by atoms with Crippen molar-refractivity contribution in [3.63, 3.8) is 0 Å². The third kappa shape index (κ3) is 2.78. The number of hydrogen-bond acceptors (Lipinski definition) is 5. The van der Waals surface area contributed by atoms with Crippen LogP contribution in [0.3, 0.4) is 0 Å². The summed E-state index contributed by atoms with van der Waals surface area (Å²) < 4.78 is 18.6. The fraction of sp³-hybridized carbons (Fsp3) is 0.222. The van der Waals surface area contributed by atoms with E-state index in [1.807, 2.05) is 23.0 Å². The lowest BCUT2D eigenvalue weighted by molar-refractivity contribution is 0.308. The van der Waals surface area contributed by atoms with Gasteiger partial charge in [-0.3, -0.25) is 4.68 Å². The molecule has 4 rings (SSSR count). The van der Waals surface area contributed by atoms with Crippen molar-refractivity contribution in [2.75, 3.05) is 6.61 Å². The van der Waals surface area contributed by atoms with Crippen molar-refractivity contribution in [3.8, 4) is 5.75 Å². The number of aromatic nitrogens is 2. The maximum Gasteiger partial charge on any atom is 0.336 e. The Hall–Kier alpha value is -3.02. The quantitative estimate of drug-likeness (QED) is 0.400. The van der Waals surface area contributed by atoms with E-state index >= 15 is 0 Å². The van der Waals surface area contributed by atoms with E-state index in [0.717, 1.165) is 30.2 Å². The van der Waals surface area contributed by atoms with Crippen LogP contribution in [-0.2, 0) is 6.54 Å². The molecular formula is C18H16N2O4. The highest BCUT2D eigenvalue weighted by Gasteiger charge is 2.13. The standard InChI is InChI=1S/C18H16N2O4/c21-17-5-4-13-16(24-17)12-15-14(6-11-22-15)18(13)23-10-2-1-8-20-9-3-7-19-20/h3-7,9,11-12H,1-2,8,10H2. The smallest absolute Gasteiger partial charge is 0.336 e. The van der Waals surface area contributed by atoms with Crippen LogP contribution < -0.4 is 10.4 Å². The summed E-state index contributed by atoms with van der Waals surface area (Å²) in [5.74, 6) is 0.694. The monoisotopic (exact) mass is 324 g/mol. The summed E-state index contributed by atoms with van der Waals surface area (Å²) in [4.78, 5) is 11.4. The van der Waals surface area contributed by atoms with Gasteiger partial charge in [0.2, 0.25) is 0 Å². The third-order valence-electron chi connectivity index (χ3n) is 3.90. The fourth-order valence-corrected chi connectivity index (χ4v) is 2.75. The summed E-state index contributed by atoms with van der Waals surface area (Å²) in [5, 5.41) is 5.83. The first-order valence-electron chi connectivity index (χ1n) is 7.85. The minimum Gasteiger partial charge on any atom is -0.492 e. The number of unbranched alkanes of at least 4 members (excludes halogenated alkanes) is 1. The number of rotatable bonds is 6. The Kier molecular flexibility index (Phi) is 3.78. The molecule has 0 N–H and O–H groups in total. The van der Waals surface area contributed by atoms with Crippen LogP contribution in [0.2, 0.25) is 0 Å². The van der Waals surface area contributed by atoms with Gasteiger partial charge < -0.3 is 13.6 Å². The van der Waals surface area contributed by atoms with E-state index in [-0.39, 0.29) is 0 Å². The zero-order chi connectivity index (χ0) is 16.4. The second kappa shape index (κ2) is 6.23. The van der Waals surface area contributed by atoms with Gasteiger partial charge >= 0.3 is 5.63 Å². The largest absolute Gasteiger partial charge is 0.492 e. The third-order valence-corrected chi connectivity index (χ3v) is 3.90. The van der Waals surface area contributed by atoms with Crippen molar-refractivity contribution in [3.05, 3.63) is 59.4 Å². The Balaban J connectivity index is 1.53. The van der Waals surface area contributed by atoms with Gasteiger partial charge in [-0.25, -0.2) is 4.79 Å². The van der Waals surface area contributed by atoms with Crippen LogP contribution in [0.15, 0.2) is 62.6 Å². The molecule has 0 aliphatic heterocycles. The fourth-order valence-electron chi connectivity index (χ4n) is 2.75. The molecule has 0 fully saturated rings. The lowest BCUT2D eigenvalue weighted by Crippen LogP contribution is -2.03. The van der Waals surface area contributed by atoms with Crippen molar-refractivity contribution in [1.29, 1.82) is 0 Å². The van der Waals surface area contributed by atoms with Crippen LogP contribution in [-0.4, -0.2) is 16.4 Å². The van der Waals surface area contributed by atoms with Gasteiger partial charge in [-0.05, 0) is 31.0 Å². The molecule has 3 heterocycles. The van der Waals surface area contributed by atoms with Crippen LogP contribution in [0.4, 0.5) is 0 Å². The number of hydrogen-bond donors (Lipinski definition) is 0. The number of ether oxygens (including phenoxy) is 1. The van der Waals surface area contributed by atoms with Crippen molar-refractivity contribution >= 4 is 21.9 Å². The van der Waals surface area contributed by atoms with Crippen molar-refractivity contribution < 1.29 is 13.6 Å². The lowest BCUT2D eigenvalue weighted by Gasteiger charge is -2.10. The molecule has 0 saturated carbocycles. The Morgan fingerprint density at radius 3 is 2.92 bits per heavy atom. The normalized spacial score (nSPS) is 11.3.